The van der Waals surface area contributed by atoms with Crippen molar-refractivity contribution in [2.24, 2.45) is 5.92 Å². The Balaban J connectivity index is 1.82. The third kappa shape index (κ3) is 3.95. The lowest BCUT2D eigenvalue weighted by atomic mass is 9.76. The van der Waals surface area contributed by atoms with Crippen LogP contribution in [-0.4, -0.2) is 37.4 Å². The lowest BCUT2D eigenvalue weighted by Gasteiger charge is -2.43. The van der Waals surface area contributed by atoms with Crippen LogP contribution >= 0.6 is 0 Å². The second-order valence-corrected chi connectivity index (χ2v) is 6.16. The third-order valence-electron chi connectivity index (χ3n) is 4.66. The van der Waals surface area contributed by atoms with Crippen molar-refractivity contribution < 1.29 is 22.3 Å². The number of nitrogens with one attached hydrogen (secondary N) is 1. The second-order valence-electron chi connectivity index (χ2n) is 6.16. The van der Waals surface area contributed by atoms with E-state index in [2.05, 4.69) is 15.0 Å². The molecule has 1 aliphatic carbocycles. The van der Waals surface area contributed by atoms with Crippen molar-refractivity contribution in [2.75, 3.05) is 26.2 Å². The molecule has 0 aromatic heterocycles. The number of nitrogens with zero attached hydrogens (tertiary/aromatic N) is 1. The molecule has 7 heteroatoms. The fourth-order valence-corrected chi connectivity index (χ4v) is 3.41. The molecule has 23 heavy (non-hydrogen) atoms. The fraction of sp³-hybridized carbons (Fsp3) is 0.625. The molecule has 0 amide bonds. The standard InChI is InChI=1S/C16H20F4N2O/c17-13-10-12(4-5-14(13)23-16(18,19)20)15(11-2-1-3-11)22-8-6-21-7-9-22/h4-5,10-11,15,21H,1-3,6-9H2/t15-/m1/s1. The first-order chi connectivity index (χ1) is 10.9. The summed E-state index contributed by atoms with van der Waals surface area (Å²) < 4.78 is 54.5. The number of hydrogen-bond acceptors (Lipinski definition) is 3. The molecule has 1 heterocycles. The largest absolute Gasteiger partial charge is 0.573 e. The van der Waals surface area contributed by atoms with Crippen LogP contribution in [0.4, 0.5) is 17.6 Å². The molecule has 1 aromatic rings. The van der Waals surface area contributed by atoms with E-state index in [4.69, 9.17) is 0 Å². The van der Waals surface area contributed by atoms with Crippen molar-refractivity contribution >= 4 is 0 Å². The first kappa shape index (κ1) is 16.5. The molecule has 128 valence electrons. The minimum absolute atomic E-state index is 0.0697. The molecule has 1 aromatic carbocycles. The number of benzene rings is 1. The van der Waals surface area contributed by atoms with Crippen molar-refractivity contribution in [3.8, 4) is 5.75 Å². The molecule has 0 bridgehead atoms. The minimum atomic E-state index is -4.88. The molecule has 0 unspecified atom stereocenters. The minimum Gasteiger partial charge on any atom is -0.403 e. The van der Waals surface area contributed by atoms with Gasteiger partial charge in [-0.2, -0.15) is 0 Å². The van der Waals surface area contributed by atoms with E-state index in [0.29, 0.717) is 5.92 Å². The summed E-state index contributed by atoms with van der Waals surface area (Å²) in [5.74, 6) is -1.28. The van der Waals surface area contributed by atoms with Gasteiger partial charge in [0.15, 0.2) is 11.6 Å². The van der Waals surface area contributed by atoms with Crippen LogP contribution in [0.25, 0.3) is 0 Å². The van der Waals surface area contributed by atoms with Crippen molar-refractivity contribution in [1.82, 2.24) is 10.2 Å². The van der Waals surface area contributed by atoms with E-state index >= 15 is 0 Å². The van der Waals surface area contributed by atoms with Crippen LogP contribution in [-0.2, 0) is 0 Å². The highest BCUT2D eigenvalue weighted by molar-refractivity contribution is 5.32. The predicted molar refractivity (Wildman–Crippen MR) is 77.6 cm³/mol. The SMILES string of the molecule is Fc1cc([C@@H](C2CCC2)N2CCNCC2)ccc1OC(F)(F)F. The normalized spacial score (nSPS) is 21.7. The third-order valence-corrected chi connectivity index (χ3v) is 4.66. The van der Waals surface area contributed by atoms with Gasteiger partial charge in [0.1, 0.15) is 0 Å². The van der Waals surface area contributed by atoms with Crippen molar-refractivity contribution in [2.45, 2.75) is 31.7 Å². The lowest BCUT2D eigenvalue weighted by molar-refractivity contribution is -0.275. The van der Waals surface area contributed by atoms with E-state index in [9.17, 15) is 17.6 Å². The van der Waals surface area contributed by atoms with Gasteiger partial charge in [-0.25, -0.2) is 4.39 Å². The summed E-state index contributed by atoms with van der Waals surface area (Å²) in [6, 6.07) is 3.92. The summed E-state index contributed by atoms with van der Waals surface area (Å²) in [6.45, 7) is 3.48. The van der Waals surface area contributed by atoms with E-state index in [0.717, 1.165) is 57.1 Å². The smallest absolute Gasteiger partial charge is 0.403 e. The van der Waals surface area contributed by atoms with Crippen molar-refractivity contribution in [3.63, 3.8) is 0 Å². The number of piperazine rings is 1. The van der Waals surface area contributed by atoms with Crippen LogP contribution in [0.5, 0.6) is 5.75 Å². The van der Waals surface area contributed by atoms with Gasteiger partial charge in [0.05, 0.1) is 0 Å². The molecular formula is C16H20F4N2O. The molecule has 2 aliphatic rings. The van der Waals surface area contributed by atoms with Gasteiger partial charge in [0.25, 0.3) is 0 Å². The van der Waals surface area contributed by atoms with Gasteiger partial charge in [-0.3, -0.25) is 4.90 Å². The van der Waals surface area contributed by atoms with Crippen molar-refractivity contribution in [1.29, 1.82) is 0 Å². The molecule has 3 nitrogen and oxygen atoms in total. The first-order valence-corrected chi connectivity index (χ1v) is 7.94. The Morgan fingerprint density at radius 2 is 1.87 bits per heavy atom. The molecular weight excluding hydrogens is 312 g/mol. The molecule has 0 radical (unpaired) electrons. The summed E-state index contributed by atoms with van der Waals surface area (Å²) in [5, 5.41) is 3.28. The predicted octanol–water partition coefficient (Wildman–Crippen LogP) is 3.47. The summed E-state index contributed by atoms with van der Waals surface area (Å²) in [6.07, 6.45) is -1.56. The zero-order valence-electron chi connectivity index (χ0n) is 12.7. The Hall–Kier alpha value is -1.34. The Bertz CT molecular complexity index is 539. The first-order valence-electron chi connectivity index (χ1n) is 7.94. The molecule has 1 aliphatic heterocycles. The van der Waals surface area contributed by atoms with E-state index < -0.39 is 17.9 Å². The molecule has 2 fully saturated rings. The van der Waals surface area contributed by atoms with E-state index in [1.807, 2.05) is 0 Å². The van der Waals surface area contributed by atoms with Gasteiger partial charge >= 0.3 is 6.36 Å². The van der Waals surface area contributed by atoms with Gasteiger partial charge in [-0.1, -0.05) is 12.5 Å². The Morgan fingerprint density at radius 1 is 1.17 bits per heavy atom. The van der Waals surface area contributed by atoms with Crippen LogP contribution < -0.4 is 10.1 Å². The molecule has 3 rings (SSSR count). The number of halogens is 4. The molecule has 1 saturated carbocycles. The Morgan fingerprint density at radius 3 is 2.39 bits per heavy atom. The zero-order valence-corrected chi connectivity index (χ0v) is 12.7. The molecule has 1 saturated heterocycles. The topological polar surface area (TPSA) is 24.5 Å². The van der Waals surface area contributed by atoms with Gasteiger partial charge < -0.3 is 10.1 Å². The average molecular weight is 332 g/mol. The monoisotopic (exact) mass is 332 g/mol. The number of rotatable bonds is 4. The van der Waals surface area contributed by atoms with Crippen LogP contribution in [0, 0.1) is 11.7 Å². The quantitative estimate of drug-likeness (QED) is 0.855. The second kappa shape index (κ2) is 6.65. The highest BCUT2D eigenvalue weighted by Crippen LogP contribution is 2.42. The van der Waals surface area contributed by atoms with E-state index in [1.165, 1.54) is 6.07 Å². The molecule has 1 atom stereocenters. The maximum Gasteiger partial charge on any atom is 0.573 e. The molecule has 0 spiro atoms. The maximum absolute atomic E-state index is 14.0. The van der Waals surface area contributed by atoms with Crippen LogP contribution in [0.1, 0.15) is 30.9 Å². The van der Waals surface area contributed by atoms with Gasteiger partial charge in [-0.15, -0.1) is 13.2 Å². The highest BCUT2D eigenvalue weighted by Gasteiger charge is 2.35. The maximum atomic E-state index is 14.0. The average Bonchev–Trinajstić information content (AvgIpc) is 2.44. The van der Waals surface area contributed by atoms with Gasteiger partial charge in [-0.05, 0) is 36.5 Å². The summed E-state index contributed by atoms with van der Waals surface area (Å²) in [5.41, 5.74) is 0.739. The van der Waals surface area contributed by atoms with Gasteiger partial charge in [0.2, 0.25) is 0 Å². The van der Waals surface area contributed by atoms with Crippen LogP contribution in [0.15, 0.2) is 18.2 Å². The summed E-state index contributed by atoms with van der Waals surface area (Å²) >= 11 is 0. The Labute approximate surface area is 132 Å². The Kier molecular flexibility index (Phi) is 4.77. The van der Waals surface area contributed by atoms with E-state index in [1.54, 1.807) is 6.07 Å². The van der Waals surface area contributed by atoms with E-state index in [-0.39, 0.29) is 6.04 Å². The summed E-state index contributed by atoms with van der Waals surface area (Å²) in [7, 11) is 0. The lowest BCUT2D eigenvalue weighted by Crippen LogP contribution is -2.47. The molecule has 1 N–H and O–H groups in total. The fourth-order valence-electron chi connectivity index (χ4n) is 3.41. The number of alkyl halides is 3. The van der Waals surface area contributed by atoms with Gasteiger partial charge in [0, 0.05) is 32.2 Å². The van der Waals surface area contributed by atoms with Crippen LogP contribution in [0.3, 0.4) is 0 Å². The number of ether oxygens (including phenoxy) is 1. The highest BCUT2D eigenvalue weighted by atomic mass is 19.4. The van der Waals surface area contributed by atoms with Crippen LogP contribution in [0.2, 0.25) is 0 Å². The number of hydrogen-bond donors (Lipinski definition) is 1. The van der Waals surface area contributed by atoms with Crippen molar-refractivity contribution in [3.05, 3.63) is 29.6 Å². The summed E-state index contributed by atoms with van der Waals surface area (Å²) in [4.78, 5) is 2.30. The zero-order chi connectivity index (χ0) is 16.4.